The molecule has 3 rings (SSSR count). The number of methoxy groups -OCH3 is 1. The van der Waals surface area contributed by atoms with E-state index in [1.807, 2.05) is 6.07 Å². The van der Waals surface area contributed by atoms with Crippen molar-refractivity contribution in [1.82, 2.24) is 0 Å². The van der Waals surface area contributed by atoms with E-state index >= 15 is 0 Å². The summed E-state index contributed by atoms with van der Waals surface area (Å²) in [7, 11) is -1.71. The molecule has 0 aromatic heterocycles. The minimum Gasteiger partial charge on any atom is -0.497 e. The van der Waals surface area contributed by atoms with Crippen LogP contribution in [0.2, 0.25) is 0 Å². The van der Waals surface area contributed by atoms with Crippen LogP contribution < -0.4 is 9.64 Å². The Kier molecular flexibility index (Phi) is 4.40. The van der Waals surface area contributed by atoms with E-state index < -0.39 is 15.9 Å². The molecule has 0 unspecified atom stereocenters. The molecular formula is C18H17NO4S. The first-order valence-electron chi connectivity index (χ1n) is 7.44. The van der Waals surface area contributed by atoms with E-state index in [2.05, 4.69) is 0 Å². The summed E-state index contributed by atoms with van der Waals surface area (Å²) in [6, 6.07) is 15.3. The molecule has 1 amide bonds. The van der Waals surface area contributed by atoms with Gasteiger partial charge in [0.2, 0.25) is 0 Å². The third-order valence-corrected chi connectivity index (χ3v) is 5.21. The van der Waals surface area contributed by atoms with E-state index in [1.54, 1.807) is 61.7 Å². The Morgan fingerprint density at radius 1 is 1.08 bits per heavy atom. The van der Waals surface area contributed by atoms with Crippen molar-refractivity contribution in [2.45, 2.75) is 6.04 Å². The Morgan fingerprint density at radius 3 is 2.29 bits per heavy atom. The molecular weight excluding hydrogens is 326 g/mol. The lowest BCUT2D eigenvalue weighted by molar-refractivity contribution is 0.0983. The topological polar surface area (TPSA) is 63.7 Å². The maximum atomic E-state index is 13.0. The number of ether oxygens (including phenoxy) is 1. The van der Waals surface area contributed by atoms with Gasteiger partial charge in [0.05, 0.1) is 18.9 Å². The third kappa shape index (κ3) is 3.33. The van der Waals surface area contributed by atoms with Crippen molar-refractivity contribution in [1.29, 1.82) is 0 Å². The Morgan fingerprint density at radius 2 is 1.75 bits per heavy atom. The van der Waals surface area contributed by atoms with Crippen molar-refractivity contribution >= 4 is 21.4 Å². The Balaban J connectivity index is 2.00. The summed E-state index contributed by atoms with van der Waals surface area (Å²) in [5, 5.41) is 1.17. The van der Waals surface area contributed by atoms with Crippen molar-refractivity contribution in [2.24, 2.45) is 0 Å². The highest BCUT2D eigenvalue weighted by molar-refractivity contribution is 7.94. The molecule has 5 nitrogen and oxygen atoms in total. The highest BCUT2D eigenvalue weighted by Gasteiger charge is 2.31. The van der Waals surface area contributed by atoms with Gasteiger partial charge in [0.25, 0.3) is 5.91 Å². The van der Waals surface area contributed by atoms with Gasteiger partial charge in [-0.2, -0.15) is 0 Å². The lowest BCUT2D eigenvalue weighted by Gasteiger charge is -2.28. The Labute approximate surface area is 141 Å². The molecule has 1 aliphatic rings. The summed E-state index contributed by atoms with van der Waals surface area (Å²) in [6.45, 7) is 0. The SMILES string of the molecule is COc1ccc(N(C(=O)c2ccccc2)[C@@H]2C=CS(=O)(=O)C2)cc1. The van der Waals surface area contributed by atoms with Crippen molar-refractivity contribution in [3.63, 3.8) is 0 Å². The van der Waals surface area contributed by atoms with E-state index in [0.717, 1.165) is 0 Å². The quantitative estimate of drug-likeness (QED) is 0.856. The van der Waals surface area contributed by atoms with Gasteiger partial charge >= 0.3 is 0 Å². The largest absolute Gasteiger partial charge is 0.497 e. The fraction of sp³-hybridized carbons (Fsp3) is 0.167. The predicted octanol–water partition coefficient (Wildman–Crippen LogP) is 2.65. The number of sulfone groups is 1. The van der Waals surface area contributed by atoms with Crippen LogP contribution in [0.15, 0.2) is 66.1 Å². The summed E-state index contributed by atoms with van der Waals surface area (Å²) < 4.78 is 28.7. The zero-order chi connectivity index (χ0) is 17.2. The van der Waals surface area contributed by atoms with Crippen molar-refractivity contribution in [3.8, 4) is 5.75 Å². The molecule has 24 heavy (non-hydrogen) atoms. The standard InChI is InChI=1S/C18H17NO4S/c1-23-17-9-7-15(8-10-17)19(16-11-12-24(21,22)13-16)18(20)14-5-3-2-4-6-14/h2-12,16H,13H2,1H3/t16-/m1/s1. The van der Waals surface area contributed by atoms with Gasteiger partial charge in [-0.1, -0.05) is 18.2 Å². The smallest absolute Gasteiger partial charge is 0.258 e. The number of anilines is 1. The van der Waals surface area contributed by atoms with Crippen LogP contribution in [0.4, 0.5) is 5.69 Å². The van der Waals surface area contributed by atoms with Gasteiger partial charge in [-0.25, -0.2) is 8.42 Å². The van der Waals surface area contributed by atoms with Crippen LogP contribution in [0.25, 0.3) is 0 Å². The first kappa shape index (κ1) is 16.3. The normalized spacial score (nSPS) is 18.3. The average Bonchev–Trinajstić information content (AvgIpc) is 2.96. The van der Waals surface area contributed by atoms with Crippen LogP contribution in [0, 0.1) is 0 Å². The van der Waals surface area contributed by atoms with E-state index in [4.69, 9.17) is 4.74 Å². The molecule has 1 atom stereocenters. The molecule has 1 heterocycles. The average molecular weight is 343 g/mol. The van der Waals surface area contributed by atoms with Crippen LogP contribution in [-0.4, -0.2) is 33.2 Å². The number of nitrogens with zero attached hydrogens (tertiary/aromatic N) is 1. The van der Waals surface area contributed by atoms with Crippen molar-refractivity contribution in [2.75, 3.05) is 17.8 Å². The number of hydrogen-bond donors (Lipinski definition) is 0. The minimum atomic E-state index is -3.28. The highest BCUT2D eigenvalue weighted by atomic mass is 32.2. The molecule has 0 saturated heterocycles. The van der Waals surface area contributed by atoms with Crippen LogP contribution >= 0.6 is 0 Å². The molecule has 1 aliphatic heterocycles. The van der Waals surface area contributed by atoms with Gasteiger partial charge in [0.1, 0.15) is 5.75 Å². The van der Waals surface area contributed by atoms with Gasteiger partial charge in [-0.15, -0.1) is 0 Å². The molecule has 0 spiro atoms. The number of rotatable bonds is 4. The second kappa shape index (κ2) is 6.49. The molecule has 0 radical (unpaired) electrons. The number of carbonyl (C=O) groups is 1. The van der Waals surface area contributed by atoms with E-state index in [0.29, 0.717) is 17.0 Å². The summed E-state index contributed by atoms with van der Waals surface area (Å²) >= 11 is 0. The number of amides is 1. The minimum absolute atomic E-state index is 0.113. The first-order valence-corrected chi connectivity index (χ1v) is 9.15. The van der Waals surface area contributed by atoms with Crippen LogP contribution in [0.5, 0.6) is 5.75 Å². The predicted molar refractivity (Wildman–Crippen MR) is 93.0 cm³/mol. The molecule has 124 valence electrons. The van der Waals surface area contributed by atoms with Gasteiger partial charge in [-0.3, -0.25) is 4.79 Å². The van der Waals surface area contributed by atoms with Crippen LogP contribution in [0.1, 0.15) is 10.4 Å². The monoisotopic (exact) mass is 343 g/mol. The molecule has 0 bridgehead atoms. The second-order valence-electron chi connectivity index (χ2n) is 5.46. The number of carbonyl (C=O) groups excluding carboxylic acids is 1. The van der Waals surface area contributed by atoms with E-state index in [1.165, 1.54) is 10.3 Å². The number of hydrogen-bond acceptors (Lipinski definition) is 4. The van der Waals surface area contributed by atoms with Gasteiger partial charge in [-0.05, 0) is 42.5 Å². The number of benzene rings is 2. The molecule has 0 fully saturated rings. The van der Waals surface area contributed by atoms with Crippen molar-refractivity contribution < 1.29 is 17.9 Å². The molecule has 0 N–H and O–H groups in total. The lowest BCUT2D eigenvalue weighted by atomic mass is 10.1. The zero-order valence-corrected chi connectivity index (χ0v) is 13.9. The highest BCUT2D eigenvalue weighted by Crippen LogP contribution is 2.26. The van der Waals surface area contributed by atoms with Gasteiger partial charge in [0.15, 0.2) is 9.84 Å². The fourth-order valence-electron chi connectivity index (χ4n) is 2.64. The van der Waals surface area contributed by atoms with Gasteiger partial charge < -0.3 is 9.64 Å². The van der Waals surface area contributed by atoms with Crippen molar-refractivity contribution in [3.05, 3.63) is 71.6 Å². The van der Waals surface area contributed by atoms with E-state index in [-0.39, 0.29) is 11.7 Å². The second-order valence-corrected chi connectivity index (χ2v) is 7.40. The molecule has 6 heteroatoms. The summed E-state index contributed by atoms with van der Waals surface area (Å²) in [4.78, 5) is 14.5. The zero-order valence-electron chi connectivity index (χ0n) is 13.1. The fourth-order valence-corrected chi connectivity index (χ4v) is 3.91. The molecule has 2 aromatic carbocycles. The Bertz CT molecular complexity index is 858. The van der Waals surface area contributed by atoms with E-state index in [9.17, 15) is 13.2 Å². The third-order valence-electron chi connectivity index (χ3n) is 3.83. The maximum Gasteiger partial charge on any atom is 0.258 e. The summed E-state index contributed by atoms with van der Waals surface area (Å²) in [5.41, 5.74) is 1.13. The molecule has 2 aromatic rings. The van der Waals surface area contributed by atoms with Gasteiger partial charge in [0, 0.05) is 16.7 Å². The molecule has 0 aliphatic carbocycles. The Hall–Kier alpha value is -2.60. The molecule has 0 saturated carbocycles. The van der Waals surface area contributed by atoms with Crippen LogP contribution in [-0.2, 0) is 9.84 Å². The summed E-state index contributed by atoms with van der Waals surface area (Å²) in [6.07, 6.45) is 1.56. The van der Waals surface area contributed by atoms with Crippen LogP contribution in [0.3, 0.4) is 0 Å². The maximum absolute atomic E-state index is 13.0. The lowest BCUT2D eigenvalue weighted by Crippen LogP contribution is -2.41. The summed E-state index contributed by atoms with van der Waals surface area (Å²) in [5.74, 6) is 0.311. The first-order chi connectivity index (χ1) is 11.5.